The highest BCUT2D eigenvalue weighted by Gasteiger charge is 2.18. The number of imidazole rings is 1. The van der Waals surface area contributed by atoms with Gasteiger partial charge in [-0.2, -0.15) is 0 Å². The van der Waals surface area contributed by atoms with E-state index in [0.29, 0.717) is 6.04 Å². The first-order valence-electron chi connectivity index (χ1n) is 7.18. The molecule has 18 heavy (non-hydrogen) atoms. The Morgan fingerprint density at radius 3 is 2.83 bits per heavy atom. The van der Waals surface area contributed by atoms with Gasteiger partial charge in [0.25, 0.3) is 0 Å². The van der Waals surface area contributed by atoms with E-state index >= 15 is 0 Å². The number of hydrogen-bond donors (Lipinski definition) is 2. The lowest BCUT2D eigenvalue weighted by atomic mass is 10.0. The summed E-state index contributed by atoms with van der Waals surface area (Å²) in [7, 11) is 0. The number of rotatable bonds is 6. The number of aromatic amines is 1. The van der Waals surface area contributed by atoms with E-state index in [1.807, 2.05) is 12.4 Å². The van der Waals surface area contributed by atoms with Crippen molar-refractivity contribution in [3.8, 4) is 0 Å². The third-order valence-corrected chi connectivity index (χ3v) is 3.56. The molecule has 4 nitrogen and oxygen atoms in total. The molecule has 1 aromatic heterocycles. The van der Waals surface area contributed by atoms with Crippen molar-refractivity contribution in [1.82, 2.24) is 20.2 Å². The fourth-order valence-electron chi connectivity index (χ4n) is 2.67. The van der Waals surface area contributed by atoms with E-state index in [-0.39, 0.29) is 0 Å². The number of nitrogens with zero attached hydrogens (tertiary/aromatic N) is 2. The fraction of sp³-hybridized carbons (Fsp3) is 0.786. The molecule has 2 heterocycles. The average Bonchev–Trinajstić information content (AvgIpc) is 2.84. The number of likely N-dealkylation sites (tertiary alicyclic amines) is 1. The van der Waals surface area contributed by atoms with Crippen molar-refractivity contribution in [2.24, 2.45) is 5.92 Å². The Bertz CT molecular complexity index is 313. The smallest absolute Gasteiger partial charge is 0.107 e. The van der Waals surface area contributed by atoms with Crippen LogP contribution in [0.1, 0.15) is 32.5 Å². The molecule has 0 atom stereocenters. The maximum absolute atomic E-state index is 4.24. The Kier molecular flexibility index (Phi) is 5.20. The molecule has 2 N–H and O–H groups in total. The van der Waals surface area contributed by atoms with Crippen LogP contribution in [0.25, 0.3) is 0 Å². The van der Waals surface area contributed by atoms with Gasteiger partial charge in [0.2, 0.25) is 0 Å². The van der Waals surface area contributed by atoms with Crippen molar-refractivity contribution in [3.05, 3.63) is 18.2 Å². The van der Waals surface area contributed by atoms with Gasteiger partial charge in [-0.25, -0.2) is 4.98 Å². The van der Waals surface area contributed by atoms with Gasteiger partial charge >= 0.3 is 0 Å². The van der Waals surface area contributed by atoms with Gasteiger partial charge < -0.3 is 15.2 Å². The van der Waals surface area contributed by atoms with Crippen LogP contribution in [0, 0.1) is 5.92 Å². The van der Waals surface area contributed by atoms with E-state index in [4.69, 9.17) is 0 Å². The zero-order valence-corrected chi connectivity index (χ0v) is 11.7. The molecule has 0 aliphatic carbocycles. The molecule has 1 fully saturated rings. The van der Waals surface area contributed by atoms with E-state index in [1.54, 1.807) is 0 Å². The minimum absolute atomic E-state index is 0.698. The molecule has 0 saturated carbocycles. The van der Waals surface area contributed by atoms with E-state index in [0.717, 1.165) is 24.7 Å². The molecular weight excluding hydrogens is 224 g/mol. The molecule has 0 bridgehead atoms. The number of H-pyrrole nitrogens is 1. The summed E-state index contributed by atoms with van der Waals surface area (Å²) in [5, 5.41) is 3.65. The Labute approximate surface area is 110 Å². The molecule has 4 heteroatoms. The van der Waals surface area contributed by atoms with Crippen molar-refractivity contribution in [3.63, 3.8) is 0 Å². The van der Waals surface area contributed by atoms with Crippen molar-refractivity contribution >= 4 is 0 Å². The molecule has 0 unspecified atom stereocenters. The number of piperidine rings is 1. The molecule has 1 saturated heterocycles. The van der Waals surface area contributed by atoms with Crippen molar-refractivity contribution in [1.29, 1.82) is 0 Å². The van der Waals surface area contributed by atoms with E-state index in [1.165, 1.54) is 32.5 Å². The fourth-order valence-corrected chi connectivity index (χ4v) is 2.67. The van der Waals surface area contributed by atoms with Crippen LogP contribution >= 0.6 is 0 Å². The lowest BCUT2D eigenvalue weighted by Crippen LogP contribution is -2.44. The predicted octanol–water partition coefficient (Wildman–Crippen LogP) is 1.66. The topological polar surface area (TPSA) is 44.0 Å². The van der Waals surface area contributed by atoms with Gasteiger partial charge in [0.1, 0.15) is 5.82 Å². The van der Waals surface area contributed by atoms with Gasteiger partial charge in [0, 0.05) is 37.9 Å². The second-order valence-electron chi connectivity index (χ2n) is 5.71. The minimum atomic E-state index is 0.698. The maximum Gasteiger partial charge on any atom is 0.107 e. The Morgan fingerprint density at radius 2 is 2.22 bits per heavy atom. The molecule has 0 amide bonds. The van der Waals surface area contributed by atoms with Gasteiger partial charge in [-0.05, 0) is 31.8 Å². The highest BCUT2D eigenvalue weighted by molar-refractivity contribution is 4.88. The first kappa shape index (κ1) is 13.6. The summed E-state index contributed by atoms with van der Waals surface area (Å²) in [5.74, 6) is 1.87. The van der Waals surface area contributed by atoms with Crippen LogP contribution in [-0.2, 0) is 6.42 Å². The van der Waals surface area contributed by atoms with Gasteiger partial charge in [0.15, 0.2) is 0 Å². The molecule has 0 spiro atoms. The Morgan fingerprint density at radius 1 is 1.44 bits per heavy atom. The average molecular weight is 250 g/mol. The van der Waals surface area contributed by atoms with Crippen LogP contribution in [0.15, 0.2) is 12.4 Å². The Hall–Kier alpha value is -0.870. The van der Waals surface area contributed by atoms with Crippen molar-refractivity contribution in [2.75, 3.05) is 26.2 Å². The summed E-state index contributed by atoms with van der Waals surface area (Å²) in [5.41, 5.74) is 0. The summed E-state index contributed by atoms with van der Waals surface area (Å²) in [6.45, 7) is 9.37. The van der Waals surface area contributed by atoms with Crippen molar-refractivity contribution in [2.45, 2.75) is 39.2 Å². The first-order valence-corrected chi connectivity index (χ1v) is 7.18. The number of hydrogen-bond acceptors (Lipinski definition) is 3. The van der Waals surface area contributed by atoms with Gasteiger partial charge in [-0.1, -0.05) is 13.8 Å². The van der Waals surface area contributed by atoms with Crippen LogP contribution in [0.5, 0.6) is 0 Å². The van der Waals surface area contributed by atoms with E-state index in [9.17, 15) is 0 Å². The SMILES string of the molecule is CC(C)CN1CCC(NCCc2ncc[nH]2)CC1. The molecule has 1 aromatic rings. The predicted molar refractivity (Wildman–Crippen MR) is 74.6 cm³/mol. The molecule has 2 rings (SSSR count). The van der Waals surface area contributed by atoms with Crippen LogP contribution in [-0.4, -0.2) is 47.1 Å². The molecule has 0 radical (unpaired) electrons. The third-order valence-electron chi connectivity index (χ3n) is 3.56. The van der Waals surface area contributed by atoms with Crippen LogP contribution in [0.4, 0.5) is 0 Å². The quantitative estimate of drug-likeness (QED) is 0.807. The van der Waals surface area contributed by atoms with E-state index in [2.05, 4.69) is 34.0 Å². The van der Waals surface area contributed by atoms with Gasteiger partial charge in [0.05, 0.1) is 0 Å². The highest BCUT2D eigenvalue weighted by atomic mass is 15.1. The third kappa shape index (κ3) is 4.42. The van der Waals surface area contributed by atoms with Gasteiger partial charge in [-0.3, -0.25) is 0 Å². The lowest BCUT2D eigenvalue weighted by molar-refractivity contribution is 0.180. The molecule has 1 aliphatic rings. The minimum Gasteiger partial charge on any atom is -0.349 e. The molecular formula is C14H26N4. The summed E-state index contributed by atoms with van der Waals surface area (Å²) >= 11 is 0. The summed E-state index contributed by atoms with van der Waals surface area (Å²) in [4.78, 5) is 9.98. The number of aromatic nitrogens is 2. The van der Waals surface area contributed by atoms with Crippen LogP contribution in [0.2, 0.25) is 0 Å². The summed E-state index contributed by atoms with van der Waals surface area (Å²) in [6.07, 6.45) is 7.27. The first-order chi connectivity index (χ1) is 8.74. The standard InChI is InChI=1S/C14H26N4/c1-12(2)11-18-9-4-13(5-10-18)15-6-3-14-16-7-8-17-14/h7-8,12-13,15H,3-6,9-11H2,1-2H3,(H,16,17). The largest absolute Gasteiger partial charge is 0.349 e. The molecule has 102 valence electrons. The van der Waals surface area contributed by atoms with E-state index < -0.39 is 0 Å². The normalized spacial score (nSPS) is 18.6. The maximum atomic E-state index is 4.24. The number of nitrogens with one attached hydrogen (secondary N) is 2. The zero-order chi connectivity index (χ0) is 12.8. The Balaban J connectivity index is 1.59. The molecule has 1 aliphatic heterocycles. The summed E-state index contributed by atoms with van der Waals surface area (Å²) < 4.78 is 0. The molecule has 0 aromatic carbocycles. The van der Waals surface area contributed by atoms with Crippen molar-refractivity contribution < 1.29 is 0 Å². The second kappa shape index (κ2) is 6.90. The van der Waals surface area contributed by atoms with Crippen LogP contribution in [0.3, 0.4) is 0 Å². The lowest BCUT2D eigenvalue weighted by Gasteiger charge is -2.33. The monoisotopic (exact) mass is 250 g/mol. The highest BCUT2D eigenvalue weighted by Crippen LogP contribution is 2.11. The van der Waals surface area contributed by atoms with Crippen LogP contribution < -0.4 is 5.32 Å². The zero-order valence-electron chi connectivity index (χ0n) is 11.7. The van der Waals surface area contributed by atoms with Gasteiger partial charge in [-0.15, -0.1) is 0 Å². The second-order valence-corrected chi connectivity index (χ2v) is 5.71. The summed E-state index contributed by atoms with van der Waals surface area (Å²) in [6, 6.07) is 0.698.